The Morgan fingerprint density at radius 3 is 2.18 bits per heavy atom. The van der Waals surface area contributed by atoms with Crippen LogP contribution in [0.1, 0.15) is 46.8 Å². The number of hydrogen-bond acceptors (Lipinski definition) is 1. The molecule has 1 aromatic carbocycles. The summed E-state index contributed by atoms with van der Waals surface area (Å²) in [4.78, 5) is 11.0. The van der Waals surface area contributed by atoms with Crippen LogP contribution in [0.2, 0.25) is 0 Å². The second-order valence-corrected chi connectivity index (χ2v) is 4.52. The highest BCUT2D eigenvalue weighted by molar-refractivity contribution is 6.67. The first kappa shape index (κ1) is 14.0. The molecule has 1 nitrogen and oxygen atoms in total. The largest absolute Gasteiger partial charge is 0.416 e. The first-order valence-electron chi connectivity index (χ1n) is 5.06. The van der Waals surface area contributed by atoms with Gasteiger partial charge in [-0.2, -0.15) is 13.2 Å². The third-order valence-electron chi connectivity index (χ3n) is 2.54. The summed E-state index contributed by atoms with van der Waals surface area (Å²) in [5.74, 6) is -0.273. The normalized spacial score (nSPS) is 12.0. The van der Waals surface area contributed by atoms with E-state index >= 15 is 0 Å². The fraction of sp³-hybridized carbons (Fsp3) is 0.417. The maximum atomic E-state index is 12.8. The van der Waals surface area contributed by atoms with Crippen LogP contribution in [0.15, 0.2) is 12.1 Å². The van der Waals surface area contributed by atoms with Gasteiger partial charge in [0, 0.05) is 5.56 Å². The molecule has 0 aliphatic rings. The standard InChI is InChI=1S/C12H12ClF3O/c1-6(2)8-4-7(3)9(11(13)17)5-10(8)12(14,15)16/h4-6H,1-3H3. The van der Waals surface area contributed by atoms with Crippen LogP contribution in [0, 0.1) is 6.92 Å². The fourth-order valence-electron chi connectivity index (χ4n) is 1.67. The Morgan fingerprint density at radius 1 is 1.29 bits per heavy atom. The summed E-state index contributed by atoms with van der Waals surface area (Å²) in [5.41, 5.74) is -0.246. The zero-order valence-electron chi connectivity index (χ0n) is 9.65. The average molecular weight is 265 g/mol. The minimum Gasteiger partial charge on any atom is -0.276 e. The number of hydrogen-bond donors (Lipinski definition) is 0. The second-order valence-electron chi connectivity index (χ2n) is 4.18. The van der Waals surface area contributed by atoms with E-state index in [1.807, 2.05) is 0 Å². The van der Waals surface area contributed by atoms with Crippen LogP contribution in [0.3, 0.4) is 0 Å². The number of rotatable bonds is 2. The van der Waals surface area contributed by atoms with Gasteiger partial charge in [0.1, 0.15) is 0 Å². The zero-order chi connectivity index (χ0) is 13.4. The van der Waals surface area contributed by atoms with Gasteiger partial charge in [-0.1, -0.05) is 19.9 Å². The Kier molecular flexibility index (Phi) is 3.87. The summed E-state index contributed by atoms with van der Waals surface area (Å²) in [6.07, 6.45) is -4.48. The van der Waals surface area contributed by atoms with Gasteiger partial charge in [0.2, 0.25) is 0 Å². The van der Waals surface area contributed by atoms with Gasteiger partial charge < -0.3 is 0 Å². The van der Waals surface area contributed by atoms with E-state index in [0.717, 1.165) is 6.07 Å². The van der Waals surface area contributed by atoms with Gasteiger partial charge in [-0.05, 0) is 41.6 Å². The molecule has 1 rings (SSSR count). The van der Waals surface area contributed by atoms with Crippen molar-refractivity contribution >= 4 is 16.8 Å². The topological polar surface area (TPSA) is 17.1 Å². The molecule has 1 aromatic rings. The highest BCUT2D eigenvalue weighted by Crippen LogP contribution is 2.37. The second kappa shape index (κ2) is 4.69. The van der Waals surface area contributed by atoms with Crippen LogP contribution in [-0.4, -0.2) is 5.24 Å². The third-order valence-corrected chi connectivity index (χ3v) is 2.74. The van der Waals surface area contributed by atoms with E-state index in [4.69, 9.17) is 11.6 Å². The number of aryl methyl sites for hydroxylation is 1. The van der Waals surface area contributed by atoms with E-state index in [-0.39, 0.29) is 17.0 Å². The van der Waals surface area contributed by atoms with Crippen molar-refractivity contribution in [3.05, 3.63) is 34.4 Å². The molecule has 0 fully saturated rings. The van der Waals surface area contributed by atoms with Crippen molar-refractivity contribution in [3.63, 3.8) is 0 Å². The van der Waals surface area contributed by atoms with Gasteiger partial charge in [-0.3, -0.25) is 4.79 Å². The predicted molar refractivity (Wildman–Crippen MR) is 60.5 cm³/mol. The van der Waals surface area contributed by atoms with Crippen LogP contribution in [0.5, 0.6) is 0 Å². The van der Waals surface area contributed by atoms with Crippen molar-refractivity contribution in [1.82, 2.24) is 0 Å². The lowest BCUT2D eigenvalue weighted by Gasteiger charge is -2.17. The highest BCUT2D eigenvalue weighted by Gasteiger charge is 2.35. The molecule has 0 unspecified atom stereocenters. The summed E-state index contributed by atoms with van der Waals surface area (Å²) < 4.78 is 38.5. The van der Waals surface area contributed by atoms with Crippen LogP contribution in [0.4, 0.5) is 13.2 Å². The fourth-order valence-corrected chi connectivity index (χ4v) is 1.87. The maximum absolute atomic E-state index is 12.8. The predicted octanol–water partition coefficient (Wildman–Crippen LogP) is 4.52. The van der Waals surface area contributed by atoms with Crippen molar-refractivity contribution < 1.29 is 18.0 Å². The Bertz CT molecular complexity index is 450. The molecule has 0 spiro atoms. The van der Waals surface area contributed by atoms with Gasteiger partial charge in [0.05, 0.1) is 5.56 Å². The van der Waals surface area contributed by atoms with Crippen molar-refractivity contribution in [3.8, 4) is 0 Å². The van der Waals surface area contributed by atoms with E-state index in [1.165, 1.54) is 6.07 Å². The van der Waals surface area contributed by atoms with Crippen LogP contribution in [-0.2, 0) is 6.18 Å². The lowest BCUT2D eigenvalue weighted by Crippen LogP contribution is -2.12. The minimum absolute atomic E-state index is 0.0941. The molecule has 0 aromatic heterocycles. The molecule has 17 heavy (non-hydrogen) atoms. The maximum Gasteiger partial charge on any atom is 0.416 e. The van der Waals surface area contributed by atoms with Crippen LogP contribution < -0.4 is 0 Å². The van der Waals surface area contributed by atoms with E-state index in [9.17, 15) is 18.0 Å². The molecule has 0 radical (unpaired) electrons. The SMILES string of the molecule is Cc1cc(C(C)C)c(C(F)(F)F)cc1C(=O)Cl. The van der Waals surface area contributed by atoms with Crippen LogP contribution in [0.25, 0.3) is 0 Å². The van der Waals surface area contributed by atoms with Crippen molar-refractivity contribution in [2.75, 3.05) is 0 Å². The Balaban J connectivity index is 3.54. The average Bonchev–Trinajstić information content (AvgIpc) is 2.14. The molecular weight excluding hydrogens is 253 g/mol. The minimum atomic E-state index is -4.48. The van der Waals surface area contributed by atoms with Crippen molar-refractivity contribution in [2.24, 2.45) is 0 Å². The third kappa shape index (κ3) is 3.00. The van der Waals surface area contributed by atoms with E-state index in [0.29, 0.717) is 5.56 Å². The van der Waals surface area contributed by atoms with Crippen molar-refractivity contribution in [2.45, 2.75) is 32.9 Å². The zero-order valence-corrected chi connectivity index (χ0v) is 10.4. The van der Waals surface area contributed by atoms with E-state index < -0.39 is 17.0 Å². The molecule has 0 amide bonds. The molecule has 0 heterocycles. The smallest absolute Gasteiger partial charge is 0.276 e. The number of benzene rings is 1. The molecule has 0 N–H and O–H groups in total. The summed E-state index contributed by atoms with van der Waals surface area (Å²) >= 11 is 5.26. The number of halogens is 4. The molecular formula is C12H12ClF3O. The molecule has 0 saturated carbocycles. The van der Waals surface area contributed by atoms with E-state index in [1.54, 1.807) is 20.8 Å². The number of alkyl halides is 3. The first-order chi connectivity index (χ1) is 7.64. The van der Waals surface area contributed by atoms with Gasteiger partial charge in [0.15, 0.2) is 0 Å². The molecule has 0 bridgehead atoms. The molecule has 5 heteroatoms. The van der Waals surface area contributed by atoms with Gasteiger partial charge >= 0.3 is 6.18 Å². The summed E-state index contributed by atoms with van der Waals surface area (Å²) in [7, 11) is 0. The molecule has 0 atom stereocenters. The first-order valence-corrected chi connectivity index (χ1v) is 5.44. The van der Waals surface area contributed by atoms with Gasteiger partial charge in [-0.15, -0.1) is 0 Å². The Morgan fingerprint density at radius 2 is 1.82 bits per heavy atom. The Labute approximate surface area is 103 Å². The number of carbonyl (C=O) groups excluding carboxylic acids is 1. The van der Waals surface area contributed by atoms with Crippen LogP contribution >= 0.6 is 11.6 Å². The highest BCUT2D eigenvalue weighted by atomic mass is 35.5. The quantitative estimate of drug-likeness (QED) is 0.718. The monoisotopic (exact) mass is 264 g/mol. The van der Waals surface area contributed by atoms with Gasteiger partial charge in [0.25, 0.3) is 5.24 Å². The summed E-state index contributed by atoms with van der Waals surface area (Å²) in [6, 6.07) is 2.21. The lowest BCUT2D eigenvalue weighted by atomic mass is 9.92. The molecule has 94 valence electrons. The summed E-state index contributed by atoms with van der Waals surface area (Å²) in [6.45, 7) is 4.92. The van der Waals surface area contributed by atoms with Gasteiger partial charge in [-0.25, -0.2) is 0 Å². The van der Waals surface area contributed by atoms with Crippen molar-refractivity contribution in [1.29, 1.82) is 0 Å². The van der Waals surface area contributed by atoms with E-state index in [2.05, 4.69) is 0 Å². The summed E-state index contributed by atoms with van der Waals surface area (Å²) in [5, 5.41) is -0.872. The Hall–Kier alpha value is -1.03. The molecule has 0 aliphatic heterocycles. The molecule has 0 aliphatic carbocycles. The lowest BCUT2D eigenvalue weighted by molar-refractivity contribution is -0.138. The number of carbonyl (C=O) groups is 1. The molecule has 0 saturated heterocycles.